The van der Waals surface area contributed by atoms with Crippen LogP contribution < -0.4 is 5.32 Å². The van der Waals surface area contributed by atoms with Gasteiger partial charge in [-0.3, -0.25) is 13.9 Å². The number of anilines is 1. The molecule has 4 heterocycles. The van der Waals surface area contributed by atoms with Crippen LogP contribution in [0.2, 0.25) is 0 Å². The van der Waals surface area contributed by atoms with Crippen molar-refractivity contribution in [3.05, 3.63) is 95.6 Å². The van der Waals surface area contributed by atoms with E-state index in [9.17, 15) is 4.79 Å². The summed E-state index contributed by atoms with van der Waals surface area (Å²) in [5.74, 6) is -0.198. The molecule has 1 saturated heterocycles. The summed E-state index contributed by atoms with van der Waals surface area (Å²) >= 11 is 0. The molecule has 0 unspecified atom stereocenters. The van der Waals surface area contributed by atoms with E-state index in [-0.39, 0.29) is 5.91 Å². The summed E-state index contributed by atoms with van der Waals surface area (Å²) in [4.78, 5) is 20.4. The third kappa shape index (κ3) is 7.61. The minimum atomic E-state index is -0.198. The highest BCUT2D eigenvalue weighted by atomic mass is 16.2. The zero-order chi connectivity index (χ0) is 29.4. The Labute approximate surface area is 244 Å². The van der Waals surface area contributed by atoms with Crippen LogP contribution in [0, 0.1) is 6.92 Å². The number of aryl methyl sites for hydroxylation is 1. The number of likely N-dealkylation sites (tertiary alicyclic amines) is 1. The summed E-state index contributed by atoms with van der Waals surface area (Å²) in [5, 5.41) is 8.78. The number of fused-ring (bicyclic) bond motifs is 2. The van der Waals surface area contributed by atoms with Crippen molar-refractivity contribution in [2.45, 2.75) is 66.8 Å². The lowest BCUT2D eigenvalue weighted by molar-refractivity contribution is 0.102. The second kappa shape index (κ2) is 14.1. The molecule has 0 aliphatic carbocycles. The smallest absolute Gasteiger partial charge is 0.274 e. The topological polar surface area (TPSA) is 67.5 Å². The van der Waals surface area contributed by atoms with Gasteiger partial charge in [-0.15, -0.1) is 0 Å². The number of carbonyl (C=O) groups excluding carboxylic acids is 1. The van der Waals surface area contributed by atoms with Crippen molar-refractivity contribution in [2.75, 3.05) is 25.0 Å². The van der Waals surface area contributed by atoms with Crippen molar-refractivity contribution in [3.8, 4) is 0 Å². The lowest BCUT2D eigenvalue weighted by atomic mass is 10.1. The first kappa shape index (κ1) is 30.0. The van der Waals surface area contributed by atoms with Crippen molar-refractivity contribution in [1.29, 1.82) is 0 Å². The van der Waals surface area contributed by atoms with Gasteiger partial charge in [0.15, 0.2) is 0 Å². The minimum absolute atomic E-state index is 0.198. The molecule has 0 bridgehead atoms. The third-order valence-electron chi connectivity index (χ3n) is 7.04. The van der Waals surface area contributed by atoms with Gasteiger partial charge in [0.05, 0.1) is 29.6 Å². The second-order valence-corrected chi connectivity index (χ2v) is 11.1. The lowest BCUT2D eigenvalue weighted by Crippen LogP contribution is -2.22. The molecule has 5 rings (SSSR count). The largest absolute Gasteiger partial charge is 0.320 e. The Morgan fingerprint density at radius 3 is 2.63 bits per heavy atom. The van der Waals surface area contributed by atoms with E-state index < -0.39 is 0 Å². The van der Waals surface area contributed by atoms with E-state index in [4.69, 9.17) is 5.10 Å². The molecule has 1 amide bonds. The van der Waals surface area contributed by atoms with Gasteiger partial charge in [-0.05, 0) is 88.5 Å². The Bertz CT molecular complexity index is 1560. The predicted molar refractivity (Wildman–Crippen MR) is 171 cm³/mol. The molecule has 1 N–H and O–H groups in total. The van der Waals surface area contributed by atoms with Crippen molar-refractivity contribution < 1.29 is 4.79 Å². The predicted octanol–water partition coefficient (Wildman–Crippen LogP) is 7.38. The normalized spacial score (nSPS) is 13.5. The minimum Gasteiger partial charge on any atom is -0.320 e. The fourth-order valence-corrected chi connectivity index (χ4v) is 5.09. The summed E-state index contributed by atoms with van der Waals surface area (Å²) in [6, 6.07) is 10.1. The number of hydrogen-bond donors (Lipinski definition) is 1. The molecule has 1 aliphatic rings. The van der Waals surface area contributed by atoms with Crippen LogP contribution in [0.5, 0.6) is 0 Å². The zero-order valence-electron chi connectivity index (χ0n) is 25.3. The molecule has 7 heteroatoms. The molecule has 1 aliphatic heterocycles. The van der Waals surface area contributed by atoms with Crippen molar-refractivity contribution in [1.82, 2.24) is 24.1 Å². The fourth-order valence-electron chi connectivity index (χ4n) is 5.09. The molecule has 1 fully saturated rings. The van der Waals surface area contributed by atoms with Gasteiger partial charge in [0, 0.05) is 18.1 Å². The van der Waals surface area contributed by atoms with Crippen LogP contribution >= 0.6 is 0 Å². The van der Waals surface area contributed by atoms with Gasteiger partial charge in [-0.2, -0.15) is 5.10 Å². The summed E-state index contributed by atoms with van der Waals surface area (Å²) in [7, 11) is 0. The van der Waals surface area contributed by atoms with Gasteiger partial charge in [0.25, 0.3) is 5.91 Å². The highest BCUT2D eigenvalue weighted by Crippen LogP contribution is 2.28. The van der Waals surface area contributed by atoms with Gasteiger partial charge in [-0.1, -0.05) is 56.7 Å². The molecular formula is C34H44N6O. The Morgan fingerprint density at radius 1 is 1.15 bits per heavy atom. The van der Waals surface area contributed by atoms with Crippen molar-refractivity contribution in [2.24, 2.45) is 0 Å². The van der Waals surface area contributed by atoms with Crippen LogP contribution in [0.4, 0.5) is 5.69 Å². The van der Waals surface area contributed by atoms with Crippen LogP contribution in [0.25, 0.3) is 16.6 Å². The average molecular weight is 553 g/mol. The molecule has 0 saturated carbocycles. The van der Waals surface area contributed by atoms with Gasteiger partial charge in [-0.25, -0.2) is 4.98 Å². The first-order chi connectivity index (χ1) is 19.8. The number of aromatic nitrogens is 4. The SMILES string of the molecule is C=C(/C=C\C=C(C)C)Cn1nc(C)c2c(NC(=O)c3cnc4cc(CCN5CCCC5)ccn34)cccc21.CCC. The molecule has 0 spiro atoms. The first-order valence-corrected chi connectivity index (χ1v) is 14.8. The van der Waals surface area contributed by atoms with Crippen LogP contribution in [-0.4, -0.2) is 49.6 Å². The van der Waals surface area contributed by atoms with E-state index in [0.717, 1.165) is 46.5 Å². The maximum absolute atomic E-state index is 13.4. The molecule has 1 aromatic carbocycles. The number of hydrogen-bond acceptors (Lipinski definition) is 4. The van der Waals surface area contributed by atoms with E-state index in [1.54, 1.807) is 6.20 Å². The molecule has 4 aromatic rings. The number of rotatable bonds is 9. The van der Waals surface area contributed by atoms with Gasteiger partial charge >= 0.3 is 0 Å². The average Bonchev–Trinajstić information content (AvgIpc) is 3.67. The van der Waals surface area contributed by atoms with Crippen LogP contribution in [0.15, 0.2) is 78.7 Å². The maximum atomic E-state index is 13.4. The first-order valence-electron chi connectivity index (χ1n) is 14.8. The van der Waals surface area contributed by atoms with E-state index in [1.807, 2.05) is 52.6 Å². The summed E-state index contributed by atoms with van der Waals surface area (Å²) < 4.78 is 3.79. The van der Waals surface area contributed by atoms with Crippen LogP contribution in [-0.2, 0) is 13.0 Å². The number of nitrogens with one attached hydrogen (secondary N) is 1. The quantitative estimate of drug-likeness (QED) is 0.220. The highest BCUT2D eigenvalue weighted by molar-refractivity contribution is 6.08. The number of benzene rings is 1. The second-order valence-electron chi connectivity index (χ2n) is 11.1. The number of imidazole rings is 1. The van der Waals surface area contributed by atoms with Crippen molar-refractivity contribution >= 4 is 28.1 Å². The third-order valence-corrected chi connectivity index (χ3v) is 7.04. The molecule has 7 nitrogen and oxygen atoms in total. The fraction of sp³-hybridized carbons (Fsp3) is 0.382. The molecular weight excluding hydrogens is 508 g/mol. The molecule has 0 atom stereocenters. The van der Waals surface area contributed by atoms with Gasteiger partial charge < -0.3 is 10.2 Å². The standard InChI is InChI=1S/C31H36N6O.C3H8/c1-22(2)9-7-10-23(3)21-37-27-12-8-11-26(30(27)24(4)34-37)33-31(38)28-20-32-29-19-25(14-18-36(28)29)13-17-35-15-5-6-16-35;1-3-2/h7-12,14,18-20H,3,5-6,13,15-17,21H2,1-2,4H3,(H,33,38);3H2,1-2H3/b10-7-;. The Hall–Kier alpha value is -3.97. The zero-order valence-corrected chi connectivity index (χ0v) is 25.3. The molecule has 216 valence electrons. The summed E-state index contributed by atoms with van der Waals surface area (Å²) in [6.45, 7) is 18.6. The Morgan fingerprint density at radius 2 is 1.90 bits per heavy atom. The Kier molecular flexibility index (Phi) is 10.3. The lowest BCUT2D eigenvalue weighted by Gasteiger charge is -2.14. The van der Waals surface area contributed by atoms with Gasteiger partial charge in [0.1, 0.15) is 11.3 Å². The molecule has 3 aromatic heterocycles. The van der Waals surface area contributed by atoms with Crippen molar-refractivity contribution in [3.63, 3.8) is 0 Å². The van der Waals surface area contributed by atoms with E-state index in [1.165, 1.54) is 43.5 Å². The van der Waals surface area contributed by atoms with E-state index in [0.29, 0.717) is 12.2 Å². The number of pyridine rings is 1. The molecule has 41 heavy (non-hydrogen) atoms. The maximum Gasteiger partial charge on any atom is 0.274 e. The van der Waals surface area contributed by atoms with Gasteiger partial charge in [0.2, 0.25) is 0 Å². The summed E-state index contributed by atoms with van der Waals surface area (Å²) in [6.07, 6.45) is 14.5. The number of amides is 1. The Balaban J connectivity index is 0.00000124. The van der Waals surface area contributed by atoms with Crippen LogP contribution in [0.3, 0.4) is 0 Å². The van der Waals surface area contributed by atoms with Crippen LogP contribution in [0.1, 0.15) is 68.7 Å². The monoisotopic (exact) mass is 552 g/mol. The number of carbonyl (C=O) groups is 1. The number of allylic oxidation sites excluding steroid dienone is 5. The number of nitrogens with zero attached hydrogens (tertiary/aromatic N) is 5. The van der Waals surface area contributed by atoms with E-state index >= 15 is 0 Å². The summed E-state index contributed by atoms with van der Waals surface area (Å²) in [5.41, 5.74) is 7.27. The molecule has 0 radical (unpaired) electrons. The highest BCUT2D eigenvalue weighted by Gasteiger charge is 2.17. The van der Waals surface area contributed by atoms with E-state index in [2.05, 4.69) is 67.7 Å².